The molecule has 0 radical (unpaired) electrons. The van der Waals surface area contributed by atoms with Gasteiger partial charge in [0.05, 0.1) is 29.2 Å². The van der Waals surface area contributed by atoms with E-state index in [4.69, 9.17) is 0 Å². The minimum Gasteiger partial charge on any atom is -0.394 e. The lowest BCUT2D eigenvalue weighted by Crippen LogP contribution is -2.60. The van der Waals surface area contributed by atoms with Crippen LogP contribution in [-0.4, -0.2) is 91.9 Å². The third-order valence-electron chi connectivity index (χ3n) is 7.16. The van der Waals surface area contributed by atoms with Crippen LogP contribution in [0.1, 0.15) is 40.5 Å². The molecule has 1 spiro atoms. The standard InChI is InChI=1S/C24H37N3O4S/c1-8-12-25(7)20(29)17-16-10-11-24(32-16)18(17)21(30)27(15(3)14-28)19(24)22(31)26(13-9-2)23(4,5)6/h8-9,15-19,28H,1-2,10-14H2,3-7H3/t15-,16+,17-,18+,19?,24?/m1/s1. The van der Waals surface area contributed by atoms with Gasteiger partial charge in [0.2, 0.25) is 17.7 Å². The Labute approximate surface area is 195 Å². The van der Waals surface area contributed by atoms with Crippen molar-refractivity contribution in [2.24, 2.45) is 11.8 Å². The van der Waals surface area contributed by atoms with Gasteiger partial charge in [0.15, 0.2) is 0 Å². The molecule has 6 atom stereocenters. The number of carbonyl (C=O) groups excluding carboxylic acids is 3. The van der Waals surface area contributed by atoms with Crippen molar-refractivity contribution in [1.82, 2.24) is 14.7 Å². The maximum Gasteiger partial charge on any atom is 0.247 e. The first-order valence-electron chi connectivity index (χ1n) is 11.3. The molecular formula is C24H37N3O4S. The molecule has 0 aromatic rings. The summed E-state index contributed by atoms with van der Waals surface area (Å²) in [6.07, 6.45) is 4.89. The Bertz CT molecular complexity index is 810. The van der Waals surface area contributed by atoms with Crippen molar-refractivity contribution in [3.8, 4) is 0 Å². The second kappa shape index (κ2) is 8.86. The molecule has 3 aliphatic rings. The average molecular weight is 464 g/mol. The molecule has 2 bridgehead atoms. The van der Waals surface area contributed by atoms with Gasteiger partial charge in [0.25, 0.3) is 0 Å². The SMILES string of the molecule is C=CCN(C)C(=O)[C@@H]1[C@@H]2CCC3(S2)C(C(=O)N(CC=C)C(C)(C)C)N([C@H](C)CO)C(=O)[C@H]13. The highest BCUT2D eigenvalue weighted by atomic mass is 32.2. The van der Waals surface area contributed by atoms with Crippen LogP contribution in [0.3, 0.4) is 0 Å². The van der Waals surface area contributed by atoms with Gasteiger partial charge in [0.1, 0.15) is 6.04 Å². The lowest BCUT2D eigenvalue weighted by molar-refractivity contribution is -0.148. The van der Waals surface area contributed by atoms with Crippen LogP contribution in [0.5, 0.6) is 0 Å². The van der Waals surface area contributed by atoms with E-state index in [2.05, 4.69) is 13.2 Å². The number of aliphatic hydroxyl groups excluding tert-OH is 1. The number of amides is 3. The number of hydrogen-bond acceptors (Lipinski definition) is 5. The van der Waals surface area contributed by atoms with Crippen molar-refractivity contribution in [2.75, 3.05) is 26.7 Å². The van der Waals surface area contributed by atoms with Crippen LogP contribution >= 0.6 is 11.8 Å². The normalized spacial score (nSPS) is 31.9. The van der Waals surface area contributed by atoms with Crippen molar-refractivity contribution in [3.05, 3.63) is 25.3 Å². The highest BCUT2D eigenvalue weighted by molar-refractivity contribution is 8.02. The average Bonchev–Trinajstić information content (AvgIpc) is 3.37. The highest BCUT2D eigenvalue weighted by Crippen LogP contribution is 2.67. The fourth-order valence-electron chi connectivity index (χ4n) is 5.72. The summed E-state index contributed by atoms with van der Waals surface area (Å²) in [5.41, 5.74) is -0.460. The van der Waals surface area contributed by atoms with E-state index in [1.165, 1.54) is 0 Å². The van der Waals surface area contributed by atoms with E-state index >= 15 is 0 Å². The molecule has 3 heterocycles. The van der Waals surface area contributed by atoms with Crippen LogP contribution in [0, 0.1) is 11.8 Å². The summed E-state index contributed by atoms with van der Waals surface area (Å²) < 4.78 is -0.651. The molecule has 2 unspecified atom stereocenters. The zero-order valence-corrected chi connectivity index (χ0v) is 20.7. The first-order valence-corrected chi connectivity index (χ1v) is 12.2. The first-order chi connectivity index (χ1) is 15.0. The van der Waals surface area contributed by atoms with Crippen molar-refractivity contribution in [3.63, 3.8) is 0 Å². The van der Waals surface area contributed by atoms with E-state index in [9.17, 15) is 19.5 Å². The predicted molar refractivity (Wildman–Crippen MR) is 127 cm³/mol. The molecule has 1 N–H and O–H groups in total. The van der Waals surface area contributed by atoms with Gasteiger partial charge >= 0.3 is 0 Å². The van der Waals surface area contributed by atoms with Gasteiger partial charge in [-0.15, -0.1) is 24.9 Å². The lowest BCUT2D eigenvalue weighted by Gasteiger charge is -2.43. The topological polar surface area (TPSA) is 81.2 Å². The Hall–Kier alpha value is -1.80. The van der Waals surface area contributed by atoms with E-state index in [1.807, 2.05) is 20.8 Å². The first kappa shape index (κ1) is 24.8. The summed E-state index contributed by atoms with van der Waals surface area (Å²) in [4.78, 5) is 46.2. The molecular weight excluding hydrogens is 426 g/mol. The Morgan fingerprint density at radius 3 is 2.44 bits per heavy atom. The zero-order chi connectivity index (χ0) is 24.0. The summed E-state index contributed by atoms with van der Waals surface area (Å²) in [5.74, 6) is -1.39. The number of rotatable bonds is 8. The number of likely N-dealkylation sites (tertiary alicyclic amines) is 1. The number of likely N-dealkylation sites (N-methyl/N-ethyl adjacent to an activating group) is 1. The number of aliphatic hydroxyl groups is 1. The lowest BCUT2D eigenvalue weighted by atomic mass is 9.70. The Kier molecular flexibility index (Phi) is 6.87. The molecule has 0 aliphatic carbocycles. The quantitative estimate of drug-likeness (QED) is 0.556. The number of thioether (sulfide) groups is 1. The molecule has 178 valence electrons. The molecule has 3 fully saturated rings. The van der Waals surface area contributed by atoms with Crippen LogP contribution in [0.15, 0.2) is 25.3 Å². The predicted octanol–water partition coefficient (Wildman–Crippen LogP) is 1.92. The van der Waals surface area contributed by atoms with E-state index in [-0.39, 0.29) is 29.6 Å². The molecule has 0 saturated carbocycles. The zero-order valence-electron chi connectivity index (χ0n) is 19.9. The second-order valence-corrected chi connectivity index (χ2v) is 11.9. The minimum atomic E-state index is -0.709. The van der Waals surface area contributed by atoms with Crippen LogP contribution in [0.4, 0.5) is 0 Å². The molecule has 8 heteroatoms. The second-order valence-electron chi connectivity index (χ2n) is 10.2. The number of nitrogens with zero attached hydrogens (tertiary/aromatic N) is 3. The maximum absolute atomic E-state index is 14.1. The van der Waals surface area contributed by atoms with Gasteiger partial charge in [-0.2, -0.15) is 0 Å². The summed E-state index contributed by atoms with van der Waals surface area (Å²) in [7, 11) is 1.73. The van der Waals surface area contributed by atoms with E-state index in [0.29, 0.717) is 19.5 Å². The number of carbonyl (C=O) groups is 3. The van der Waals surface area contributed by atoms with Crippen LogP contribution < -0.4 is 0 Å². The van der Waals surface area contributed by atoms with Crippen molar-refractivity contribution < 1.29 is 19.5 Å². The fraction of sp³-hybridized carbons (Fsp3) is 0.708. The summed E-state index contributed by atoms with van der Waals surface area (Å²) in [6.45, 7) is 15.7. The summed E-state index contributed by atoms with van der Waals surface area (Å²) in [5, 5.41) is 9.97. The smallest absolute Gasteiger partial charge is 0.247 e. The maximum atomic E-state index is 14.1. The molecule has 32 heavy (non-hydrogen) atoms. The largest absolute Gasteiger partial charge is 0.394 e. The van der Waals surface area contributed by atoms with E-state index < -0.39 is 34.2 Å². The molecule has 0 aromatic heterocycles. The Balaban J connectivity index is 2.09. The molecule has 3 saturated heterocycles. The third-order valence-corrected chi connectivity index (χ3v) is 9.11. The Morgan fingerprint density at radius 2 is 1.91 bits per heavy atom. The minimum absolute atomic E-state index is 0.0214. The van der Waals surface area contributed by atoms with Crippen LogP contribution in [-0.2, 0) is 14.4 Å². The number of hydrogen-bond donors (Lipinski definition) is 1. The summed E-state index contributed by atoms with van der Waals surface area (Å²) in [6, 6.07) is -1.22. The van der Waals surface area contributed by atoms with E-state index in [0.717, 1.165) is 6.42 Å². The van der Waals surface area contributed by atoms with Crippen molar-refractivity contribution in [2.45, 2.75) is 68.2 Å². The van der Waals surface area contributed by atoms with Crippen molar-refractivity contribution >= 4 is 29.5 Å². The fourth-order valence-corrected chi connectivity index (χ4v) is 7.92. The molecule has 3 amide bonds. The van der Waals surface area contributed by atoms with Gasteiger partial charge in [-0.25, -0.2) is 0 Å². The van der Waals surface area contributed by atoms with Crippen LogP contribution in [0.2, 0.25) is 0 Å². The monoisotopic (exact) mass is 463 g/mol. The number of fused-ring (bicyclic) bond motifs is 1. The van der Waals surface area contributed by atoms with Gasteiger partial charge in [0, 0.05) is 30.9 Å². The third kappa shape index (κ3) is 3.69. The van der Waals surface area contributed by atoms with Gasteiger partial charge in [-0.1, -0.05) is 12.2 Å². The summed E-state index contributed by atoms with van der Waals surface area (Å²) >= 11 is 1.65. The molecule has 7 nitrogen and oxygen atoms in total. The van der Waals surface area contributed by atoms with Crippen molar-refractivity contribution in [1.29, 1.82) is 0 Å². The highest BCUT2D eigenvalue weighted by Gasteiger charge is 2.74. The van der Waals surface area contributed by atoms with E-state index in [1.54, 1.807) is 52.6 Å². The Morgan fingerprint density at radius 1 is 1.28 bits per heavy atom. The van der Waals surface area contributed by atoms with Gasteiger partial charge < -0.3 is 19.8 Å². The van der Waals surface area contributed by atoms with Crippen LogP contribution in [0.25, 0.3) is 0 Å². The molecule has 3 rings (SSSR count). The van der Waals surface area contributed by atoms with Gasteiger partial charge in [-0.05, 0) is 40.5 Å². The van der Waals surface area contributed by atoms with Gasteiger partial charge in [-0.3, -0.25) is 14.4 Å². The molecule has 3 aliphatic heterocycles. The molecule has 0 aromatic carbocycles.